The van der Waals surface area contributed by atoms with Crippen LogP contribution in [0.15, 0.2) is 30.3 Å². The van der Waals surface area contributed by atoms with Gasteiger partial charge in [-0.1, -0.05) is 30.3 Å². The highest BCUT2D eigenvalue weighted by molar-refractivity contribution is 7.91. The Hall–Kier alpha value is -1.18. The van der Waals surface area contributed by atoms with E-state index in [1.165, 1.54) is 5.56 Å². The number of nitrogens with one attached hydrogen (secondary N) is 1. The summed E-state index contributed by atoms with van der Waals surface area (Å²) in [6, 6.07) is 10.3. The molecule has 1 atom stereocenters. The number of sulfone groups is 1. The van der Waals surface area contributed by atoms with Gasteiger partial charge < -0.3 is 15.1 Å². The maximum Gasteiger partial charge on any atom is 0.169 e. The van der Waals surface area contributed by atoms with Gasteiger partial charge in [-0.15, -0.1) is 0 Å². The zero-order valence-electron chi connectivity index (χ0n) is 15.1. The van der Waals surface area contributed by atoms with Gasteiger partial charge in [-0.2, -0.15) is 0 Å². The molecule has 1 aromatic carbocycles. The lowest BCUT2D eigenvalue weighted by Crippen LogP contribution is -2.48. The molecule has 1 heterocycles. The van der Waals surface area contributed by atoms with E-state index in [0.717, 1.165) is 32.5 Å². The van der Waals surface area contributed by atoms with E-state index in [1.807, 2.05) is 32.3 Å². The summed E-state index contributed by atoms with van der Waals surface area (Å²) >= 11 is 5.59. The topological polar surface area (TPSA) is 52.6 Å². The van der Waals surface area contributed by atoms with Gasteiger partial charge in [0, 0.05) is 19.1 Å². The van der Waals surface area contributed by atoms with E-state index >= 15 is 0 Å². The zero-order chi connectivity index (χ0) is 18.3. The van der Waals surface area contributed by atoms with Crippen LogP contribution in [0.4, 0.5) is 0 Å². The molecule has 1 aromatic rings. The molecule has 0 spiro atoms. The van der Waals surface area contributed by atoms with E-state index in [1.54, 1.807) is 0 Å². The van der Waals surface area contributed by atoms with Crippen molar-refractivity contribution >= 4 is 27.2 Å². The van der Waals surface area contributed by atoms with Crippen molar-refractivity contribution in [3.8, 4) is 0 Å². The van der Waals surface area contributed by atoms with Crippen molar-refractivity contribution in [2.45, 2.75) is 25.3 Å². The van der Waals surface area contributed by atoms with Crippen molar-refractivity contribution in [3.63, 3.8) is 0 Å². The Labute approximate surface area is 157 Å². The second-order valence-electron chi connectivity index (χ2n) is 6.87. The van der Waals surface area contributed by atoms with E-state index in [9.17, 15) is 8.42 Å². The normalized spacial score (nSPS) is 19.1. The van der Waals surface area contributed by atoms with Crippen LogP contribution in [0, 0.1) is 0 Å². The fourth-order valence-electron chi connectivity index (χ4n) is 3.09. The van der Waals surface area contributed by atoms with Crippen LogP contribution in [0.1, 0.15) is 18.4 Å². The van der Waals surface area contributed by atoms with Crippen molar-refractivity contribution < 1.29 is 8.42 Å². The highest BCUT2D eigenvalue weighted by Gasteiger charge is 2.33. The predicted octanol–water partition coefficient (Wildman–Crippen LogP) is 1.54. The van der Waals surface area contributed by atoms with E-state index in [4.69, 9.17) is 12.2 Å². The maximum absolute atomic E-state index is 11.9. The molecule has 5 nitrogen and oxygen atoms in total. The molecule has 2 rings (SSSR count). The Morgan fingerprint density at radius 1 is 1.24 bits per heavy atom. The fourth-order valence-corrected chi connectivity index (χ4v) is 5.16. The van der Waals surface area contributed by atoms with Gasteiger partial charge in [-0.05, 0) is 57.7 Å². The Balaban J connectivity index is 1.90. The summed E-state index contributed by atoms with van der Waals surface area (Å²) < 4.78 is 23.7. The third kappa shape index (κ3) is 6.92. The van der Waals surface area contributed by atoms with Crippen molar-refractivity contribution in [2.24, 2.45) is 0 Å². The minimum absolute atomic E-state index is 0.00360. The van der Waals surface area contributed by atoms with Crippen LogP contribution in [-0.2, 0) is 16.3 Å². The van der Waals surface area contributed by atoms with Crippen molar-refractivity contribution in [1.82, 2.24) is 15.1 Å². The van der Waals surface area contributed by atoms with Crippen LogP contribution in [0.3, 0.4) is 0 Å². The van der Waals surface area contributed by atoms with Crippen LogP contribution in [0.25, 0.3) is 0 Å². The molecule has 1 fully saturated rings. The third-order valence-electron chi connectivity index (χ3n) is 4.45. The van der Waals surface area contributed by atoms with Gasteiger partial charge in [-0.3, -0.25) is 0 Å². The molecule has 0 aromatic heterocycles. The van der Waals surface area contributed by atoms with Crippen molar-refractivity contribution in [1.29, 1.82) is 0 Å². The Bertz CT molecular complexity index is 648. The molecular weight excluding hydrogens is 354 g/mol. The number of nitrogens with zero attached hydrogens (tertiary/aromatic N) is 2. The summed E-state index contributed by atoms with van der Waals surface area (Å²) in [5.74, 6) is 0.490. The Kier molecular flexibility index (Phi) is 7.65. The van der Waals surface area contributed by atoms with Gasteiger partial charge in [0.1, 0.15) is 0 Å². The lowest BCUT2D eigenvalue weighted by molar-refractivity contribution is 0.300. The maximum atomic E-state index is 11.9. The van der Waals surface area contributed by atoms with Crippen LogP contribution in [-0.4, -0.2) is 74.6 Å². The number of benzene rings is 1. The predicted molar refractivity (Wildman–Crippen MR) is 108 cm³/mol. The number of hydrogen-bond acceptors (Lipinski definition) is 4. The molecule has 1 aliphatic rings. The van der Waals surface area contributed by atoms with Gasteiger partial charge in [0.05, 0.1) is 11.5 Å². The quantitative estimate of drug-likeness (QED) is 0.688. The van der Waals surface area contributed by atoms with Crippen molar-refractivity contribution in [3.05, 3.63) is 35.9 Å². The van der Waals surface area contributed by atoms with Crippen LogP contribution in [0.5, 0.6) is 0 Å². The summed E-state index contributed by atoms with van der Waals surface area (Å²) in [6.45, 7) is 2.50. The third-order valence-corrected chi connectivity index (χ3v) is 6.58. The molecule has 1 aliphatic heterocycles. The van der Waals surface area contributed by atoms with Gasteiger partial charge >= 0.3 is 0 Å². The average Bonchev–Trinajstić information content (AvgIpc) is 2.92. The van der Waals surface area contributed by atoms with E-state index < -0.39 is 9.84 Å². The van der Waals surface area contributed by atoms with E-state index in [2.05, 4.69) is 27.2 Å². The zero-order valence-corrected chi connectivity index (χ0v) is 16.8. The molecule has 0 saturated carbocycles. The summed E-state index contributed by atoms with van der Waals surface area (Å²) in [5, 5.41) is 4.00. The molecule has 25 heavy (non-hydrogen) atoms. The molecule has 0 amide bonds. The first-order valence-electron chi connectivity index (χ1n) is 8.81. The van der Waals surface area contributed by atoms with Gasteiger partial charge in [0.2, 0.25) is 0 Å². The standard InChI is InChI=1S/C18H29N3O2S2/c1-20(2)12-6-13-21(17-10-14-25(22,23)15-17)18(24)19-11-9-16-7-4-3-5-8-16/h3-5,7-8,17H,6,9-15H2,1-2H3,(H,19,24)/t17-/m0/s1. The first-order chi connectivity index (χ1) is 11.9. The minimum Gasteiger partial charge on any atom is -0.362 e. The molecule has 140 valence electrons. The summed E-state index contributed by atoms with van der Waals surface area (Å²) in [5.41, 5.74) is 1.26. The number of thiocarbonyl (C=S) groups is 1. The van der Waals surface area contributed by atoms with Gasteiger partial charge in [0.15, 0.2) is 14.9 Å². The molecule has 1 N–H and O–H groups in total. The SMILES string of the molecule is CN(C)CCCN(C(=S)NCCc1ccccc1)[C@H]1CCS(=O)(=O)C1. The second kappa shape index (κ2) is 9.50. The first kappa shape index (κ1) is 20.1. The van der Waals surface area contributed by atoms with Crippen LogP contribution < -0.4 is 5.32 Å². The molecule has 0 unspecified atom stereocenters. The lowest BCUT2D eigenvalue weighted by Gasteiger charge is -2.31. The monoisotopic (exact) mass is 383 g/mol. The van der Waals surface area contributed by atoms with E-state index in [0.29, 0.717) is 11.5 Å². The highest BCUT2D eigenvalue weighted by Crippen LogP contribution is 2.18. The first-order valence-corrected chi connectivity index (χ1v) is 11.0. The summed E-state index contributed by atoms with van der Waals surface area (Å²) in [7, 11) is 1.17. The molecule has 0 radical (unpaired) electrons. The number of rotatable bonds is 8. The minimum atomic E-state index is -2.92. The highest BCUT2D eigenvalue weighted by atomic mass is 32.2. The largest absolute Gasteiger partial charge is 0.362 e. The lowest BCUT2D eigenvalue weighted by atomic mass is 10.1. The fraction of sp³-hybridized carbons (Fsp3) is 0.611. The smallest absolute Gasteiger partial charge is 0.169 e. The van der Waals surface area contributed by atoms with Gasteiger partial charge in [0.25, 0.3) is 0 Å². The van der Waals surface area contributed by atoms with Crippen molar-refractivity contribution in [2.75, 3.05) is 45.2 Å². The average molecular weight is 384 g/mol. The van der Waals surface area contributed by atoms with Crippen LogP contribution in [0.2, 0.25) is 0 Å². The van der Waals surface area contributed by atoms with E-state index in [-0.39, 0.29) is 17.5 Å². The van der Waals surface area contributed by atoms with Crippen LogP contribution >= 0.6 is 12.2 Å². The Morgan fingerprint density at radius 3 is 2.56 bits per heavy atom. The Morgan fingerprint density at radius 2 is 1.96 bits per heavy atom. The summed E-state index contributed by atoms with van der Waals surface area (Å²) in [4.78, 5) is 4.23. The molecule has 1 saturated heterocycles. The second-order valence-corrected chi connectivity index (χ2v) is 9.49. The summed E-state index contributed by atoms with van der Waals surface area (Å²) in [6.07, 6.45) is 2.53. The van der Waals surface area contributed by atoms with Gasteiger partial charge in [-0.25, -0.2) is 8.42 Å². The molecule has 0 bridgehead atoms. The number of hydrogen-bond donors (Lipinski definition) is 1. The molecular formula is C18H29N3O2S2. The molecule has 7 heteroatoms. The molecule has 0 aliphatic carbocycles.